The van der Waals surface area contributed by atoms with Crippen LogP contribution in [0.3, 0.4) is 0 Å². The summed E-state index contributed by atoms with van der Waals surface area (Å²) in [5.74, 6) is 0. The summed E-state index contributed by atoms with van der Waals surface area (Å²) in [4.78, 5) is 0. The van der Waals surface area contributed by atoms with Gasteiger partial charge in [-0.1, -0.05) is 18.2 Å². The Bertz CT molecular complexity index is 398. The monoisotopic (exact) mass is 264 g/mol. The molecule has 0 bridgehead atoms. The van der Waals surface area contributed by atoms with Crippen LogP contribution in [0.5, 0.6) is 0 Å². The van der Waals surface area contributed by atoms with E-state index < -0.39 is 18.6 Å². The van der Waals surface area contributed by atoms with Crippen LogP contribution in [0.15, 0.2) is 24.3 Å². The maximum Gasteiger partial charge on any atom is 0.389 e. The van der Waals surface area contributed by atoms with Crippen molar-refractivity contribution in [1.82, 2.24) is 0 Å². The zero-order chi connectivity index (χ0) is 12.2. The van der Waals surface area contributed by atoms with Crippen molar-refractivity contribution >= 4 is 12.4 Å². The summed E-state index contributed by atoms with van der Waals surface area (Å²) < 4.78 is 36.0. The highest BCUT2D eigenvalue weighted by Gasteiger charge is 2.28. The van der Waals surface area contributed by atoms with Gasteiger partial charge in [-0.2, -0.15) is 18.4 Å². The average Bonchev–Trinajstić information content (AvgIpc) is 2.25. The van der Waals surface area contributed by atoms with Crippen LogP contribution in [-0.4, -0.2) is 6.18 Å². The zero-order valence-electron chi connectivity index (χ0n) is 8.87. The van der Waals surface area contributed by atoms with Gasteiger partial charge >= 0.3 is 6.18 Å². The Morgan fingerprint density at radius 3 is 2.41 bits per heavy atom. The molecule has 94 valence electrons. The molecule has 2 N–H and O–H groups in total. The van der Waals surface area contributed by atoms with Crippen LogP contribution < -0.4 is 5.73 Å². The Hall–Kier alpha value is -1.25. The summed E-state index contributed by atoms with van der Waals surface area (Å²) in [7, 11) is 0. The van der Waals surface area contributed by atoms with Gasteiger partial charge < -0.3 is 5.73 Å². The molecule has 0 saturated carbocycles. The van der Waals surface area contributed by atoms with Gasteiger partial charge in [0.25, 0.3) is 0 Å². The van der Waals surface area contributed by atoms with Crippen molar-refractivity contribution in [3.8, 4) is 6.07 Å². The van der Waals surface area contributed by atoms with Gasteiger partial charge in [-0.25, -0.2) is 0 Å². The number of hydrogen-bond donors (Lipinski definition) is 1. The summed E-state index contributed by atoms with van der Waals surface area (Å²) in [6, 6.07) is 7.60. The molecule has 0 aliphatic carbocycles. The maximum absolute atomic E-state index is 12.0. The minimum absolute atomic E-state index is 0. The molecule has 6 heteroatoms. The number of benzene rings is 1. The number of rotatable bonds is 3. The molecule has 0 aliphatic heterocycles. The van der Waals surface area contributed by atoms with Gasteiger partial charge in [-0.05, 0) is 18.1 Å². The van der Waals surface area contributed by atoms with Gasteiger partial charge in [0, 0.05) is 12.5 Å². The molecular formula is C11H12ClF3N2. The molecule has 0 spiro atoms. The van der Waals surface area contributed by atoms with Crippen molar-refractivity contribution < 1.29 is 13.2 Å². The number of hydrogen-bond acceptors (Lipinski definition) is 2. The number of nitriles is 1. The van der Waals surface area contributed by atoms with Gasteiger partial charge in [0.15, 0.2) is 0 Å². The minimum atomic E-state index is -4.21. The van der Waals surface area contributed by atoms with E-state index in [1.54, 1.807) is 24.3 Å². The van der Waals surface area contributed by atoms with Crippen LogP contribution in [-0.2, 0) is 0 Å². The molecule has 2 nitrogen and oxygen atoms in total. The molecule has 0 heterocycles. The first-order chi connectivity index (χ1) is 7.44. The Morgan fingerprint density at radius 1 is 1.29 bits per heavy atom. The van der Waals surface area contributed by atoms with E-state index in [2.05, 4.69) is 0 Å². The Kier molecular flexibility index (Phi) is 6.00. The third kappa shape index (κ3) is 5.07. The van der Waals surface area contributed by atoms with Gasteiger partial charge in [-0.3, -0.25) is 0 Å². The fourth-order valence-electron chi connectivity index (χ4n) is 1.40. The first-order valence-corrected chi connectivity index (χ1v) is 4.75. The highest BCUT2D eigenvalue weighted by Crippen LogP contribution is 2.27. The third-order valence-electron chi connectivity index (χ3n) is 2.22. The van der Waals surface area contributed by atoms with Crippen molar-refractivity contribution in [2.75, 3.05) is 0 Å². The first kappa shape index (κ1) is 15.8. The second kappa shape index (κ2) is 6.48. The van der Waals surface area contributed by atoms with Gasteiger partial charge in [0.1, 0.15) is 0 Å². The number of nitrogens with zero attached hydrogens (tertiary/aromatic N) is 1. The molecule has 1 atom stereocenters. The Labute approximate surface area is 104 Å². The lowest BCUT2D eigenvalue weighted by molar-refractivity contribution is -0.136. The van der Waals surface area contributed by atoms with Crippen molar-refractivity contribution in [1.29, 1.82) is 5.26 Å². The van der Waals surface area contributed by atoms with Crippen molar-refractivity contribution in [2.24, 2.45) is 5.73 Å². The first-order valence-electron chi connectivity index (χ1n) is 4.75. The van der Waals surface area contributed by atoms with Crippen LogP contribution in [0.2, 0.25) is 0 Å². The second-order valence-corrected chi connectivity index (χ2v) is 3.46. The standard InChI is InChI=1S/C11H11F3N2.ClH/c12-11(13,14)6-5-10(16)9-4-2-1-3-8(9)7-15;/h1-4,10H,5-6,16H2;1H/t10-;/m1./s1. The number of alkyl halides is 3. The van der Waals surface area contributed by atoms with Crippen LogP contribution in [0.25, 0.3) is 0 Å². The summed E-state index contributed by atoms with van der Waals surface area (Å²) in [5, 5.41) is 8.77. The van der Waals surface area contributed by atoms with Gasteiger partial charge in [0.2, 0.25) is 0 Å². The van der Waals surface area contributed by atoms with E-state index in [1.165, 1.54) is 0 Å². The summed E-state index contributed by atoms with van der Waals surface area (Å²) >= 11 is 0. The molecule has 0 radical (unpaired) electrons. The van der Waals surface area contributed by atoms with Crippen LogP contribution in [0.4, 0.5) is 13.2 Å². The van der Waals surface area contributed by atoms with E-state index in [0.29, 0.717) is 11.1 Å². The summed E-state index contributed by atoms with van der Waals surface area (Å²) in [5.41, 5.74) is 6.43. The molecule has 1 aromatic rings. The molecule has 1 rings (SSSR count). The van der Waals surface area contributed by atoms with Gasteiger partial charge in [-0.15, -0.1) is 12.4 Å². The Morgan fingerprint density at radius 2 is 1.88 bits per heavy atom. The molecule has 0 unspecified atom stereocenters. The van der Waals surface area contributed by atoms with Crippen LogP contribution >= 0.6 is 12.4 Å². The van der Waals surface area contributed by atoms with E-state index in [-0.39, 0.29) is 18.8 Å². The van der Waals surface area contributed by atoms with Crippen molar-refractivity contribution in [3.05, 3.63) is 35.4 Å². The topological polar surface area (TPSA) is 49.8 Å². The SMILES string of the molecule is Cl.N#Cc1ccccc1[C@H](N)CCC(F)(F)F. The molecule has 0 amide bonds. The summed E-state index contributed by atoms with van der Waals surface area (Å²) in [6.45, 7) is 0. The normalized spacial score (nSPS) is 12.4. The lowest BCUT2D eigenvalue weighted by Crippen LogP contribution is -2.16. The minimum Gasteiger partial charge on any atom is -0.324 e. The smallest absolute Gasteiger partial charge is 0.324 e. The van der Waals surface area contributed by atoms with E-state index in [0.717, 1.165) is 0 Å². The highest BCUT2D eigenvalue weighted by molar-refractivity contribution is 5.85. The summed E-state index contributed by atoms with van der Waals surface area (Å²) in [6.07, 6.45) is -5.35. The van der Waals surface area contributed by atoms with E-state index in [1.807, 2.05) is 6.07 Å². The second-order valence-electron chi connectivity index (χ2n) is 3.46. The Balaban J connectivity index is 0.00000256. The molecule has 17 heavy (non-hydrogen) atoms. The molecule has 0 aromatic heterocycles. The number of halogens is 4. The fraction of sp³-hybridized carbons (Fsp3) is 0.364. The third-order valence-corrected chi connectivity index (χ3v) is 2.22. The maximum atomic E-state index is 12.0. The predicted octanol–water partition coefficient (Wildman–Crippen LogP) is 3.32. The van der Waals surface area contributed by atoms with E-state index >= 15 is 0 Å². The highest BCUT2D eigenvalue weighted by atomic mass is 35.5. The van der Waals surface area contributed by atoms with Crippen LogP contribution in [0, 0.1) is 11.3 Å². The van der Waals surface area contributed by atoms with Crippen molar-refractivity contribution in [2.45, 2.75) is 25.1 Å². The van der Waals surface area contributed by atoms with Crippen molar-refractivity contribution in [3.63, 3.8) is 0 Å². The molecule has 0 fully saturated rings. The predicted molar refractivity (Wildman–Crippen MR) is 60.6 cm³/mol. The molecule has 0 saturated heterocycles. The molecule has 1 aromatic carbocycles. The van der Waals surface area contributed by atoms with Crippen LogP contribution in [0.1, 0.15) is 30.0 Å². The average molecular weight is 265 g/mol. The quantitative estimate of drug-likeness (QED) is 0.910. The lowest BCUT2D eigenvalue weighted by Gasteiger charge is -2.14. The molecular weight excluding hydrogens is 253 g/mol. The fourth-order valence-corrected chi connectivity index (χ4v) is 1.40. The van der Waals surface area contributed by atoms with E-state index in [9.17, 15) is 13.2 Å². The number of nitrogens with two attached hydrogens (primary N) is 1. The van der Waals surface area contributed by atoms with E-state index in [4.69, 9.17) is 11.0 Å². The van der Waals surface area contributed by atoms with Gasteiger partial charge in [0.05, 0.1) is 11.6 Å². The molecule has 0 aliphatic rings. The zero-order valence-corrected chi connectivity index (χ0v) is 9.68. The largest absolute Gasteiger partial charge is 0.389 e. The lowest BCUT2D eigenvalue weighted by atomic mass is 9.98.